The van der Waals surface area contributed by atoms with Crippen LogP contribution < -0.4 is 15.6 Å². The molecular weight excluding hydrogens is 359 g/mol. The van der Waals surface area contributed by atoms with Gasteiger partial charge in [0.2, 0.25) is 5.56 Å². The highest BCUT2D eigenvalue weighted by atomic mass is 35.5. The Bertz CT molecular complexity index is 720. The van der Waals surface area contributed by atoms with Crippen LogP contribution in [0.2, 0.25) is 15.1 Å². The van der Waals surface area contributed by atoms with Crippen molar-refractivity contribution < 1.29 is 4.74 Å². The van der Waals surface area contributed by atoms with Crippen molar-refractivity contribution >= 4 is 34.8 Å². The Hall–Kier alpha value is -1.20. The number of rotatable bonds is 3. The van der Waals surface area contributed by atoms with Crippen LogP contribution in [0.1, 0.15) is 24.3 Å². The summed E-state index contributed by atoms with van der Waals surface area (Å²) in [5, 5.41) is 4.37. The van der Waals surface area contributed by atoms with Crippen LogP contribution in [0.15, 0.2) is 35.3 Å². The van der Waals surface area contributed by atoms with Gasteiger partial charge in [-0.15, -0.1) is 0 Å². The van der Waals surface area contributed by atoms with Crippen LogP contribution in [0.4, 0.5) is 0 Å². The maximum atomic E-state index is 11.2. The van der Waals surface area contributed by atoms with E-state index in [0.717, 1.165) is 24.9 Å². The number of pyridine rings is 1. The number of piperidine rings is 1. The summed E-state index contributed by atoms with van der Waals surface area (Å²) < 4.78 is 6.04. The number of ether oxygens (including phenoxy) is 1. The minimum atomic E-state index is -0.233. The third-order valence-corrected chi connectivity index (χ3v) is 5.06. The highest BCUT2D eigenvalue weighted by Crippen LogP contribution is 2.36. The zero-order chi connectivity index (χ0) is 16.4. The second kappa shape index (κ2) is 7.14. The summed E-state index contributed by atoms with van der Waals surface area (Å²) in [6.45, 7) is 0.861. The summed E-state index contributed by atoms with van der Waals surface area (Å²) in [7, 11) is 0. The van der Waals surface area contributed by atoms with Gasteiger partial charge >= 0.3 is 0 Å². The fraction of sp³-hybridized carbons (Fsp3) is 0.312. The molecule has 0 saturated carbocycles. The van der Waals surface area contributed by atoms with Crippen LogP contribution in [-0.2, 0) is 0 Å². The molecule has 0 bridgehead atoms. The van der Waals surface area contributed by atoms with Gasteiger partial charge in [0.1, 0.15) is 5.75 Å². The fourth-order valence-corrected chi connectivity index (χ4v) is 3.30. The molecule has 23 heavy (non-hydrogen) atoms. The first-order valence-corrected chi connectivity index (χ1v) is 8.41. The Kier molecular flexibility index (Phi) is 5.17. The number of H-pyrrole nitrogens is 1. The first-order valence-electron chi connectivity index (χ1n) is 7.28. The fourth-order valence-electron chi connectivity index (χ4n) is 2.73. The van der Waals surface area contributed by atoms with Crippen LogP contribution in [0.5, 0.6) is 5.75 Å². The molecule has 1 aromatic carbocycles. The third-order valence-electron chi connectivity index (χ3n) is 3.86. The van der Waals surface area contributed by atoms with E-state index in [1.165, 1.54) is 6.07 Å². The molecule has 1 saturated heterocycles. The Balaban J connectivity index is 1.84. The number of hydrogen-bond donors (Lipinski definition) is 2. The van der Waals surface area contributed by atoms with E-state index in [1.54, 1.807) is 18.3 Å². The molecule has 122 valence electrons. The molecule has 1 aliphatic rings. The van der Waals surface area contributed by atoms with Crippen LogP contribution >= 0.6 is 34.8 Å². The summed E-state index contributed by atoms with van der Waals surface area (Å²) in [5.74, 6) is 0.673. The smallest absolute Gasteiger partial charge is 0.247 e. The first kappa shape index (κ1) is 16.7. The molecule has 2 N–H and O–H groups in total. The van der Waals surface area contributed by atoms with E-state index in [9.17, 15) is 4.79 Å². The quantitative estimate of drug-likeness (QED) is 0.793. The average molecular weight is 374 g/mol. The maximum absolute atomic E-state index is 11.2. The topological polar surface area (TPSA) is 54.1 Å². The standard InChI is InChI=1S/C16H15Cl3N2O2/c17-12-6-10(7-13(18)15(12)19)23-16-11(2-1-5-20-16)9-3-4-14(22)21-8-9/h3-4,6-8,11,16,20H,1-2,5H2,(H,21,22). The van der Waals surface area contributed by atoms with Gasteiger partial charge in [0.15, 0.2) is 6.23 Å². The van der Waals surface area contributed by atoms with E-state index in [0.29, 0.717) is 20.8 Å². The second-order valence-corrected chi connectivity index (χ2v) is 6.62. The lowest BCUT2D eigenvalue weighted by Crippen LogP contribution is -2.44. The first-order chi connectivity index (χ1) is 11.0. The van der Waals surface area contributed by atoms with Crippen LogP contribution in [0, 0.1) is 0 Å². The Morgan fingerprint density at radius 2 is 1.87 bits per heavy atom. The van der Waals surface area contributed by atoms with Crippen molar-refractivity contribution in [1.29, 1.82) is 0 Å². The van der Waals surface area contributed by atoms with Gasteiger partial charge in [-0.3, -0.25) is 10.1 Å². The van der Waals surface area contributed by atoms with Crippen LogP contribution in [-0.4, -0.2) is 17.8 Å². The number of aromatic amines is 1. The summed E-state index contributed by atoms with van der Waals surface area (Å²) in [6.07, 6.45) is 3.49. The molecule has 2 heterocycles. The van der Waals surface area contributed by atoms with E-state index in [-0.39, 0.29) is 17.7 Å². The predicted octanol–water partition coefficient (Wildman–Crippen LogP) is 4.21. The largest absolute Gasteiger partial charge is 0.475 e. The molecule has 1 fully saturated rings. The highest BCUT2D eigenvalue weighted by molar-refractivity contribution is 6.48. The molecule has 0 radical (unpaired) electrons. The van der Waals surface area contributed by atoms with Gasteiger partial charge in [-0.25, -0.2) is 0 Å². The van der Waals surface area contributed by atoms with Crippen molar-refractivity contribution in [3.8, 4) is 5.75 Å². The summed E-state index contributed by atoms with van der Waals surface area (Å²) in [6, 6.07) is 6.65. The Labute approximate surface area is 148 Å². The van der Waals surface area contributed by atoms with E-state index in [4.69, 9.17) is 39.5 Å². The van der Waals surface area contributed by atoms with Crippen molar-refractivity contribution in [2.75, 3.05) is 6.54 Å². The van der Waals surface area contributed by atoms with Crippen LogP contribution in [0.25, 0.3) is 0 Å². The molecule has 4 nitrogen and oxygen atoms in total. The molecule has 3 rings (SSSR count). The van der Waals surface area contributed by atoms with Gasteiger partial charge < -0.3 is 9.72 Å². The molecule has 1 aliphatic heterocycles. The zero-order valence-electron chi connectivity index (χ0n) is 12.1. The molecule has 0 aliphatic carbocycles. The lowest BCUT2D eigenvalue weighted by Gasteiger charge is -2.33. The number of aromatic nitrogens is 1. The molecule has 2 unspecified atom stereocenters. The lowest BCUT2D eigenvalue weighted by molar-refractivity contribution is 0.108. The van der Waals surface area contributed by atoms with E-state index in [1.807, 2.05) is 6.07 Å². The van der Waals surface area contributed by atoms with Crippen molar-refractivity contribution in [2.24, 2.45) is 0 Å². The molecule has 0 amide bonds. The predicted molar refractivity (Wildman–Crippen MR) is 92.9 cm³/mol. The average Bonchev–Trinajstić information content (AvgIpc) is 2.54. The zero-order valence-corrected chi connectivity index (χ0v) is 14.4. The molecule has 7 heteroatoms. The van der Waals surface area contributed by atoms with Crippen molar-refractivity contribution in [3.63, 3.8) is 0 Å². The van der Waals surface area contributed by atoms with E-state index in [2.05, 4.69) is 10.3 Å². The summed E-state index contributed by atoms with van der Waals surface area (Å²) in [4.78, 5) is 13.9. The molecule has 0 spiro atoms. The highest BCUT2D eigenvalue weighted by Gasteiger charge is 2.28. The molecular formula is C16H15Cl3N2O2. The SMILES string of the molecule is O=c1ccc(C2CCCNC2Oc2cc(Cl)c(Cl)c(Cl)c2)c[nH]1. The van der Waals surface area contributed by atoms with Gasteiger partial charge in [-0.05, 0) is 24.9 Å². The van der Waals surface area contributed by atoms with Crippen molar-refractivity contribution in [2.45, 2.75) is 25.0 Å². The third kappa shape index (κ3) is 3.83. The Morgan fingerprint density at radius 3 is 2.52 bits per heavy atom. The van der Waals surface area contributed by atoms with E-state index < -0.39 is 0 Å². The van der Waals surface area contributed by atoms with Crippen molar-refractivity contribution in [3.05, 3.63) is 61.4 Å². The maximum Gasteiger partial charge on any atom is 0.247 e. The van der Waals surface area contributed by atoms with Gasteiger partial charge in [-0.2, -0.15) is 0 Å². The summed E-state index contributed by atoms with van der Waals surface area (Å²) in [5.41, 5.74) is 0.902. The number of halogens is 3. The monoisotopic (exact) mass is 372 g/mol. The van der Waals surface area contributed by atoms with Crippen LogP contribution in [0.3, 0.4) is 0 Å². The molecule has 2 atom stereocenters. The van der Waals surface area contributed by atoms with E-state index >= 15 is 0 Å². The lowest BCUT2D eigenvalue weighted by atomic mass is 9.91. The van der Waals surface area contributed by atoms with Crippen molar-refractivity contribution in [1.82, 2.24) is 10.3 Å². The van der Waals surface area contributed by atoms with Gasteiger partial charge in [-0.1, -0.05) is 40.9 Å². The minimum Gasteiger partial charge on any atom is -0.475 e. The number of nitrogens with one attached hydrogen (secondary N) is 2. The minimum absolute atomic E-state index is 0.119. The summed E-state index contributed by atoms with van der Waals surface area (Å²) >= 11 is 18.1. The van der Waals surface area contributed by atoms with Gasteiger partial charge in [0.05, 0.1) is 15.1 Å². The normalized spacial score (nSPS) is 21.2. The van der Waals surface area contributed by atoms with Gasteiger partial charge in [0.25, 0.3) is 0 Å². The van der Waals surface area contributed by atoms with Gasteiger partial charge in [0, 0.05) is 30.3 Å². The molecule has 2 aromatic rings. The number of hydrogen-bond acceptors (Lipinski definition) is 3. The molecule has 1 aromatic heterocycles. The number of benzene rings is 1. The Morgan fingerprint density at radius 1 is 1.13 bits per heavy atom. The second-order valence-electron chi connectivity index (χ2n) is 5.43.